The van der Waals surface area contributed by atoms with E-state index in [0.717, 1.165) is 11.1 Å². The van der Waals surface area contributed by atoms with E-state index in [1.165, 1.54) is 0 Å². The molecule has 0 bridgehead atoms. The lowest BCUT2D eigenvalue weighted by molar-refractivity contribution is 0.0927. The van der Waals surface area contributed by atoms with Crippen LogP contribution in [0.5, 0.6) is 0 Å². The van der Waals surface area contributed by atoms with Gasteiger partial charge in [-0.3, -0.25) is 9.59 Å². The third-order valence-corrected chi connectivity index (χ3v) is 5.01. The fraction of sp³-hybridized carbons (Fsp3) is 0.217. The molecule has 2 N–H and O–H groups in total. The Morgan fingerprint density at radius 1 is 0.935 bits per heavy atom. The summed E-state index contributed by atoms with van der Waals surface area (Å²) in [6.45, 7) is 2.22. The van der Waals surface area contributed by atoms with Crippen LogP contribution in [0.3, 0.4) is 0 Å². The molecule has 0 aliphatic carbocycles. The third-order valence-electron chi connectivity index (χ3n) is 5.01. The van der Waals surface area contributed by atoms with E-state index in [2.05, 4.69) is 10.6 Å². The Morgan fingerprint density at radius 2 is 1.45 bits per heavy atom. The van der Waals surface area contributed by atoms with Crippen molar-refractivity contribution in [3.8, 4) is 12.1 Å². The number of carbonyl (C=O) groups excluding carboxylic acids is 2. The Bertz CT molecular complexity index is 1200. The highest BCUT2D eigenvalue weighted by Gasteiger charge is 2.16. The molecule has 3 aromatic rings. The number of aromatic nitrogens is 2. The average Bonchev–Trinajstić information content (AvgIpc) is 3.34. The van der Waals surface area contributed by atoms with Gasteiger partial charge in [-0.2, -0.15) is 10.5 Å². The zero-order valence-electron chi connectivity index (χ0n) is 17.5. The second kappa shape index (κ2) is 9.02. The van der Waals surface area contributed by atoms with Crippen molar-refractivity contribution in [2.75, 3.05) is 0 Å². The van der Waals surface area contributed by atoms with Crippen molar-refractivity contribution in [3.05, 3.63) is 82.4 Å². The summed E-state index contributed by atoms with van der Waals surface area (Å²) in [6, 6.07) is 14.5. The summed E-state index contributed by atoms with van der Waals surface area (Å²) in [7, 11) is 3.44. The van der Waals surface area contributed by atoms with E-state index in [9.17, 15) is 9.59 Å². The van der Waals surface area contributed by atoms with Crippen LogP contribution in [0.25, 0.3) is 0 Å². The zero-order chi connectivity index (χ0) is 22.5. The maximum atomic E-state index is 12.5. The van der Waals surface area contributed by atoms with Gasteiger partial charge in [-0.25, -0.2) is 0 Å². The smallest absolute Gasteiger partial charge is 0.268 e. The van der Waals surface area contributed by atoms with Gasteiger partial charge in [0.05, 0.1) is 17.2 Å². The molecule has 1 aromatic carbocycles. The SMILES string of the molecule is C[C@H](NC(=O)c1cc(C#N)cn1C)c1ccc(CNC(=O)c2cc(C#N)cn2C)cc1. The van der Waals surface area contributed by atoms with E-state index in [1.54, 1.807) is 47.8 Å². The standard InChI is InChI=1S/C23H22N6O2/c1-15(27-23(31)21-9-18(11-25)14-29(21)3)19-6-4-16(5-7-19)12-26-22(30)20-8-17(10-24)13-28(20)2/h4-9,13-15H,12H2,1-3H3,(H,26,30)(H,27,31)/t15-/m0/s1. The van der Waals surface area contributed by atoms with Gasteiger partial charge < -0.3 is 19.8 Å². The molecule has 0 aliphatic rings. The summed E-state index contributed by atoms with van der Waals surface area (Å²) < 4.78 is 3.24. The molecule has 0 spiro atoms. The fourth-order valence-electron chi connectivity index (χ4n) is 3.25. The highest BCUT2D eigenvalue weighted by Crippen LogP contribution is 2.15. The van der Waals surface area contributed by atoms with E-state index in [1.807, 2.05) is 43.3 Å². The summed E-state index contributed by atoms with van der Waals surface area (Å²) in [4.78, 5) is 24.8. The first-order valence-corrected chi connectivity index (χ1v) is 9.63. The lowest BCUT2D eigenvalue weighted by Crippen LogP contribution is -2.28. The Morgan fingerprint density at radius 3 is 1.94 bits per heavy atom. The van der Waals surface area contributed by atoms with E-state index in [0.29, 0.717) is 29.1 Å². The molecule has 2 heterocycles. The molecular formula is C23H22N6O2. The number of amides is 2. The van der Waals surface area contributed by atoms with Crippen molar-refractivity contribution in [3.63, 3.8) is 0 Å². The van der Waals surface area contributed by atoms with Crippen LogP contribution >= 0.6 is 0 Å². The molecular weight excluding hydrogens is 392 g/mol. The number of rotatable bonds is 6. The molecule has 0 fully saturated rings. The monoisotopic (exact) mass is 414 g/mol. The molecule has 31 heavy (non-hydrogen) atoms. The number of nitrogens with zero attached hydrogens (tertiary/aromatic N) is 4. The van der Waals surface area contributed by atoms with Crippen LogP contribution in [0.1, 0.15) is 56.2 Å². The zero-order valence-corrected chi connectivity index (χ0v) is 17.5. The topological polar surface area (TPSA) is 116 Å². The molecule has 0 radical (unpaired) electrons. The quantitative estimate of drug-likeness (QED) is 0.645. The number of nitrogens with one attached hydrogen (secondary N) is 2. The van der Waals surface area contributed by atoms with Crippen LogP contribution in [0.2, 0.25) is 0 Å². The lowest BCUT2D eigenvalue weighted by atomic mass is 10.1. The largest absolute Gasteiger partial charge is 0.347 e. The van der Waals surface area contributed by atoms with Crippen LogP contribution in [-0.4, -0.2) is 20.9 Å². The summed E-state index contributed by atoms with van der Waals surface area (Å²) >= 11 is 0. The van der Waals surface area contributed by atoms with E-state index >= 15 is 0 Å². The van der Waals surface area contributed by atoms with Gasteiger partial charge in [-0.15, -0.1) is 0 Å². The minimum Gasteiger partial charge on any atom is -0.347 e. The summed E-state index contributed by atoms with van der Waals surface area (Å²) in [6.07, 6.45) is 3.22. The third kappa shape index (κ3) is 4.82. The van der Waals surface area contributed by atoms with Crippen molar-refractivity contribution >= 4 is 11.8 Å². The van der Waals surface area contributed by atoms with Gasteiger partial charge in [0.25, 0.3) is 11.8 Å². The van der Waals surface area contributed by atoms with Gasteiger partial charge in [0, 0.05) is 33.0 Å². The molecule has 0 saturated carbocycles. The average molecular weight is 414 g/mol. The molecule has 0 aliphatic heterocycles. The second-order valence-corrected chi connectivity index (χ2v) is 7.29. The molecule has 8 nitrogen and oxygen atoms in total. The number of aryl methyl sites for hydroxylation is 2. The van der Waals surface area contributed by atoms with E-state index in [4.69, 9.17) is 10.5 Å². The molecule has 2 aromatic heterocycles. The molecule has 0 saturated heterocycles. The lowest BCUT2D eigenvalue weighted by Gasteiger charge is -2.15. The molecule has 3 rings (SSSR count). The maximum Gasteiger partial charge on any atom is 0.268 e. The van der Waals surface area contributed by atoms with E-state index < -0.39 is 0 Å². The summed E-state index contributed by atoms with van der Waals surface area (Å²) in [5.41, 5.74) is 3.54. The van der Waals surface area contributed by atoms with Crippen molar-refractivity contribution in [2.45, 2.75) is 19.5 Å². The van der Waals surface area contributed by atoms with Gasteiger partial charge in [0.15, 0.2) is 0 Å². The maximum absolute atomic E-state index is 12.5. The molecule has 156 valence electrons. The van der Waals surface area contributed by atoms with Crippen LogP contribution in [0.4, 0.5) is 0 Å². The molecule has 2 amide bonds. The second-order valence-electron chi connectivity index (χ2n) is 7.29. The van der Waals surface area contributed by atoms with Crippen LogP contribution in [-0.2, 0) is 20.6 Å². The number of carbonyl (C=O) groups is 2. The van der Waals surface area contributed by atoms with Crippen molar-refractivity contribution in [1.82, 2.24) is 19.8 Å². The van der Waals surface area contributed by atoms with Crippen molar-refractivity contribution in [1.29, 1.82) is 10.5 Å². The predicted octanol–water partition coefficient (Wildman–Crippen LogP) is 2.53. The minimum absolute atomic E-state index is 0.232. The Balaban J connectivity index is 1.59. The van der Waals surface area contributed by atoms with Crippen LogP contribution < -0.4 is 10.6 Å². The van der Waals surface area contributed by atoms with Gasteiger partial charge >= 0.3 is 0 Å². The number of benzene rings is 1. The summed E-state index contributed by atoms with van der Waals surface area (Å²) in [5.74, 6) is -0.514. The molecule has 1 atom stereocenters. The van der Waals surface area contributed by atoms with Gasteiger partial charge in [-0.1, -0.05) is 24.3 Å². The predicted molar refractivity (Wildman–Crippen MR) is 114 cm³/mol. The first-order chi connectivity index (χ1) is 14.8. The van der Waals surface area contributed by atoms with Gasteiger partial charge in [0.1, 0.15) is 23.5 Å². The fourth-order valence-corrected chi connectivity index (χ4v) is 3.25. The van der Waals surface area contributed by atoms with E-state index in [-0.39, 0.29) is 17.9 Å². The van der Waals surface area contributed by atoms with Crippen LogP contribution in [0, 0.1) is 22.7 Å². The Labute approximate surface area is 180 Å². The summed E-state index contributed by atoms with van der Waals surface area (Å²) in [5, 5.41) is 23.7. The molecule has 8 heteroatoms. The first kappa shape index (κ1) is 21.4. The van der Waals surface area contributed by atoms with Gasteiger partial charge in [0.2, 0.25) is 0 Å². The van der Waals surface area contributed by atoms with Crippen molar-refractivity contribution in [2.24, 2.45) is 14.1 Å². The Hall–Kier alpha value is -4.30. The normalized spacial score (nSPS) is 11.3. The minimum atomic E-state index is -0.257. The number of hydrogen-bond donors (Lipinski definition) is 2. The van der Waals surface area contributed by atoms with Crippen LogP contribution in [0.15, 0.2) is 48.8 Å². The Kier molecular flexibility index (Phi) is 6.23. The number of nitriles is 2. The highest BCUT2D eigenvalue weighted by atomic mass is 16.2. The molecule has 0 unspecified atom stereocenters. The highest BCUT2D eigenvalue weighted by molar-refractivity contribution is 5.93. The van der Waals surface area contributed by atoms with Crippen molar-refractivity contribution < 1.29 is 9.59 Å². The van der Waals surface area contributed by atoms with Gasteiger partial charge in [-0.05, 0) is 30.2 Å². The first-order valence-electron chi connectivity index (χ1n) is 9.63. The number of hydrogen-bond acceptors (Lipinski definition) is 4.